The lowest BCUT2D eigenvalue weighted by Gasteiger charge is -2.37. The van der Waals surface area contributed by atoms with E-state index < -0.39 is 0 Å². The van der Waals surface area contributed by atoms with Crippen LogP contribution in [0, 0.1) is 10.5 Å². The van der Waals surface area contributed by atoms with Gasteiger partial charge in [0.2, 0.25) is 0 Å². The number of benzene rings is 2. The van der Waals surface area contributed by atoms with Crippen molar-refractivity contribution in [3.05, 3.63) is 62.7 Å². The lowest BCUT2D eigenvalue weighted by Crippen LogP contribution is -2.29. The Hall–Kier alpha value is -1.03. The Kier molecular flexibility index (Phi) is 4.00. The first-order chi connectivity index (χ1) is 9.97. The predicted molar refractivity (Wildman–Crippen MR) is 99.0 cm³/mol. The number of aryl methyl sites for hydroxylation is 1. The van der Waals surface area contributed by atoms with Gasteiger partial charge in [0.25, 0.3) is 0 Å². The van der Waals surface area contributed by atoms with Crippen molar-refractivity contribution in [1.82, 2.24) is 0 Å². The van der Waals surface area contributed by atoms with Crippen molar-refractivity contribution in [2.45, 2.75) is 45.1 Å². The molecular weight excluding hydrogens is 369 g/mol. The van der Waals surface area contributed by atoms with Crippen LogP contribution < -0.4 is 5.32 Å². The summed E-state index contributed by atoms with van der Waals surface area (Å²) in [6.45, 7) is 6.87. The third-order valence-electron chi connectivity index (χ3n) is 4.64. The molecule has 0 heterocycles. The van der Waals surface area contributed by atoms with E-state index in [0.29, 0.717) is 6.04 Å². The lowest BCUT2D eigenvalue weighted by atomic mass is 9.71. The van der Waals surface area contributed by atoms with Crippen LogP contribution in [0.15, 0.2) is 42.5 Å². The lowest BCUT2D eigenvalue weighted by molar-refractivity contribution is 0.406. The second kappa shape index (κ2) is 5.64. The molecule has 2 aromatic rings. The minimum atomic E-state index is 0.288. The summed E-state index contributed by atoms with van der Waals surface area (Å²) >= 11 is 2.41. The largest absolute Gasteiger partial charge is 0.378 e. The summed E-state index contributed by atoms with van der Waals surface area (Å²) in [5.41, 5.74) is 5.81. The number of rotatable bonds is 2. The van der Waals surface area contributed by atoms with Crippen molar-refractivity contribution in [2.75, 3.05) is 5.32 Å². The summed E-state index contributed by atoms with van der Waals surface area (Å²) in [6.07, 6.45) is 2.42. The maximum atomic E-state index is 3.74. The van der Waals surface area contributed by atoms with E-state index in [1.54, 1.807) is 0 Å². The van der Waals surface area contributed by atoms with Gasteiger partial charge >= 0.3 is 0 Å². The molecule has 0 saturated carbocycles. The number of nitrogens with one attached hydrogen (secondary N) is 1. The summed E-state index contributed by atoms with van der Waals surface area (Å²) in [5.74, 6) is 0. The Morgan fingerprint density at radius 1 is 1.14 bits per heavy atom. The monoisotopic (exact) mass is 391 g/mol. The van der Waals surface area contributed by atoms with Gasteiger partial charge < -0.3 is 5.32 Å². The van der Waals surface area contributed by atoms with E-state index in [9.17, 15) is 0 Å². The van der Waals surface area contributed by atoms with Gasteiger partial charge in [0.1, 0.15) is 0 Å². The standard InChI is InChI=1S/C19H22IN/c1-13-8-9-14(12-17(13)20)21-18-10-11-19(2,3)16-7-5-4-6-15(16)18/h4-9,12,18,21H,10-11H2,1-3H3. The van der Waals surface area contributed by atoms with Crippen LogP contribution in [0.3, 0.4) is 0 Å². The number of anilines is 1. The first-order valence-corrected chi connectivity index (χ1v) is 8.67. The fourth-order valence-corrected chi connectivity index (χ4v) is 3.76. The second-order valence-corrected chi connectivity index (χ2v) is 7.83. The Labute approximate surface area is 141 Å². The molecule has 1 N–H and O–H groups in total. The molecule has 0 bridgehead atoms. The van der Waals surface area contributed by atoms with E-state index in [1.807, 2.05) is 0 Å². The smallest absolute Gasteiger partial charge is 0.0517 e. The van der Waals surface area contributed by atoms with Crippen molar-refractivity contribution in [3.63, 3.8) is 0 Å². The zero-order chi connectivity index (χ0) is 15.0. The average Bonchev–Trinajstić information content (AvgIpc) is 2.46. The Bertz CT molecular complexity index is 660. The first kappa shape index (κ1) is 14.9. The van der Waals surface area contributed by atoms with E-state index in [-0.39, 0.29) is 5.41 Å². The van der Waals surface area contributed by atoms with Crippen LogP contribution in [-0.2, 0) is 5.41 Å². The second-order valence-electron chi connectivity index (χ2n) is 6.67. The number of fused-ring (bicyclic) bond motifs is 1. The maximum absolute atomic E-state index is 3.74. The van der Waals surface area contributed by atoms with Gasteiger partial charge in [-0.3, -0.25) is 0 Å². The summed E-state index contributed by atoms with van der Waals surface area (Å²) in [7, 11) is 0. The summed E-state index contributed by atoms with van der Waals surface area (Å²) < 4.78 is 1.32. The Balaban J connectivity index is 1.92. The van der Waals surface area contributed by atoms with Gasteiger partial charge in [-0.1, -0.05) is 44.2 Å². The van der Waals surface area contributed by atoms with Crippen molar-refractivity contribution in [3.8, 4) is 0 Å². The molecule has 2 heteroatoms. The number of hydrogen-bond donors (Lipinski definition) is 1. The Morgan fingerprint density at radius 3 is 2.67 bits per heavy atom. The Morgan fingerprint density at radius 2 is 1.90 bits per heavy atom. The van der Waals surface area contributed by atoms with Gasteiger partial charge in [0, 0.05) is 9.26 Å². The molecule has 1 nitrogen and oxygen atoms in total. The summed E-state index contributed by atoms with van der Waals surface area (Å²) in [4.78, 5) is 0. The molecule has 0 spiro atoms. The minimum absolute atomic E-state index is 0.288. The van der Waals surface area contributed by atoms with Crippen LogP contribution in [-0.4, -0.2) is 0 Å². The summed E-state index contributed by atoms with van der Waals surface area (Å²) in [6, 6.07) is 16.0. The molecule has 1 atom stereocenters. The van der Waals surface area contributed by atoms with Crippen LogP contribution >= 0.6 is 22.6 Å². The van der Waals surface area contributed by atoms with Crippen molar-refractivity contribution in [1.29, 1.82) is 0 Å². The molecule has 1 unspecified atom stereocenters. The first-order valence-electron chi connectivity index (χ1n) is 7.59. The zero-order valence-electron chi connectivity index (χ0n) is 12.9. The molecule has 110 valence electrons. The molecule has 0 fully saturated rings. The van der Waals surface area contributed by atoms with Gasteiger partial charge in [-0.25, -0.2) is 0 Å². The third kappa shape index (κ3) is 2.96. The molecule has 1 aliphatic rings. The van der Waals surface area contributed by atoms with Gasteiger partial charge in [0.15, 0.2) is 0 Å². The van der Waals surface area contributed by atoms with E-state index in [2.05, 4.69) is 91.1 Å². The molecule has 2 aromatic carbocycles. The molecule has 0 amide bonds. The van der Waals surface area contributed by atoms with Crippen molar-refractivity contribution in [2.24, 2.45) is 0 Å². The number of hydrogen-bond acceptors (Lipinski definition) is 1. The predicted octanol–water partition coefficient (Wildman–Crippen LogP) is 5.82. The van der Waals surface area contributed by atoms with Gasteiger partial charge in [-0.2, -0.15) is 0 Å². The zero-order valence-corrected chi connectivity index (χ0v) is 15.1. The molecule has 0 aromatic heterocycles. The van der Waals surface area contributed by atoms with E-state index in [0.717, 1.165) is 0 Å². The summed E-state index contributed by atoms with van der Waals surface area (Å²) in [5, 5.41) is 3.74. The van der Waals surface area contributed by atoms with Crippen LogP contribution in [0.4, 0.5) is 5.69 Å². The molecular formula is C19H22IN. The van der Waals surface area contributed by atoms with E-state index in [4.69, 9.17) is 0 Å². The SMILES string of the molecule is Cc1ccc(NC2CCC(C)(C)c3ccccc32)cc1I. The molecule has 0 aliphatic heterocycles. The normalized spacial score (nSPS) is 19.9. The van der Waals surface area contributed by atoms with E-state index >= 15 is 0 Å². The van der Waals surface area contributed by atoms with Crippen molar-refractivity contribution < 1.29 is 0 Å². The highest BCUT2D eigenvalue weighted by molar-refractivity contribution is 14.1. The molecule has 0 saturated heterocycles. The fourth-order valence-electron chi connectivity index (χ4n) is 3.25. The molecule has 1 aliphatic carbocycles. The molecule has 21 heavy (non-hydrogen) atoms. The highest BCUT2D eigenvalue weighted by Crippen LogP contribution is 2.42. The van der Waals surface area contributed by atoms with E-state index in [1.165, 1.54) is 38.8 Å². The van der Waals surface area contributed by atoms with Gasteiger partial charge in [0.05, 0.1) is 6.04 Å². The van der Waals surface area contributed by atoms with Gasteiger partial charge in [-0.15, -0.1) is 0 Å². The average molecular weight is 391 g/mol. The van der Waals surface area contributed by atoms with Crippen LogP contribution in [0.5, 0.6) is 0 Å². The van der Waals surface area contributed by atoms with Gasteiger partial charge in [-0.05, 0) is 76.6 Å². The van der Waals surface area contributed by atoms with Crippen LogP contribution in [0.25, 0.3) is 0 Å². The van der Waals surface area contributed by atoms with Crippen molar-refractivity contribution >= 4 is 28.3 Å². The molecule has 0 radical (unpaired) electrons. The topological polar surface area (TPSA) is 12.0 Å². The third-order valence-corrected chi connectivity index (χ3v) is 5.80. The van der Waals surface area contributed by atoms with Crippen LogP contribution in [0.1, 0.15) is 49.4 Å². The quantitative estimate of drug-likeness (QED) is 0.636. The number of halogens is 1. The van der Waals surface area contributed by atoms with Crippen LogP contribution in [0.2, 0.25) is 0 Å². The minimum Gasteiger partial charge on any atom is -0.378 e. The molecule has 3 rings (SSSR count). The fraction of sp³-hybridized carbons (Fsp3) is 0.368. The highest BCUT2D eigenvalue weighted by atomic mass is 127. The maximum Gasteiger partial charge on any atom is 0.0517 e. The highest BCUT2D eigenvalue weighted by Gasteiger charge is 2.32.